The molecule has 0 bridgehead atoms. The van der Waals surface area contributed by atoms with Gasteiger partial charge in [0.05, 0.1) is 6.04 Å². The van der Waals surface area contributed by atoms with E-state index in [0.717, 1.165) is 18.1 Å². The molecule has 2 N–H and O–H groups in total. The van der Waals surface area contributed by atoms with Crippen molar-refractivity contribution in [3.63, 3.8) is 0 Å². The van der Waals surface area contributed by atoms with Crippen molar-refractivity contribution in [3.8, 4) is 0 Å². The van der Waals surface area contributed by atoms with Gasteiger partial charge in [0, 0.05) is 17.7 Å². The fourth-order valence-corrected chi connectivity index (χ4v) is 1.95. The molecule has 70 valence electrons. The lowest BCUT2D eigenvalue weighted by Crippen LogP contribution is -2.45. The quantitative estimate of drug-likeness (QED) is 0.680. The Hall–Kier alpha value is -0.220. The molecule has 0 aromatic heterocycles. The zero-order valence-electron chi connectivity index (χ0n) is 7.59. The molecular formula is C8H16N2OS. The Kier molecular flexibility index (Phi) is 3.88. The number of thioether (sulfide) groups is 1. The SMILES string of the molecule is CC[C@H](C)NC(=O)[C@H]1CSCN1. The number of nitrogens with one attached hydrogen (secondary N) is 2. The molecule has 12 heavy (non-hydrogen) atoms. The van der Waals surface area contributed by atoms with Crippen LogP contribution in [-0.2, 0) is 4.79 Å². The highest BCUT2D eigenvalue weighted by atomic mass is 32.2. The molecule has 0 radical (unpaired) electrons. The zero-order chi connectivity index (χ0) is 8.97. The summed E-state index contributed by atoms with van der Waals surface area (Å²) in [6.45, 7) is 4.10. The van der Waals surface area contributed by atoms with Crippen LogP contribution in [-0.4, -0.2) is 29.6 Å². The van der Waals surface area contributed by atoms with Crippen LogP contribution in [0.2, 0.25) is 0 Å². The van der Waals surface area contributed by atoms with E-state index in [1.807, 2.05) is 6.92 Å². The zero-order valence-corrected chi connectivity index (χ0v) is 8.41. The predicted molar refractivity (Wildman–Crippen MR) is 52.1 cm³/mol. The third-order valence-corrected chi connectivity index (χ3v) is 2.97. The number of hydrogen-bond donors (Lipinski definition) is 2. The van der Waals surface area contributed by atoms with Gasteiger partial charge in [-0.1, -0.05) is 6.92 Å². The second-order valence-electron chi connectivity index (χ2n) is 3.09. The maximum Gasteiger partial charge on any atom is 0.238 e. The minimum atomic E-state index is 0.0315. The molecule has 1 aliphatic heterocycles. The lowest BCUT2D eigenvalue weighted by Gasteiger charge is -2.14. The fourth-order valence-electron chi connectivity index (χ4n) is 1.01. The lowest BCUT2D eigenvalue weighted by atomic mass is 10.2. The molecule has 0 aliphatic carbocycles. The summed E-state index contributed by atoms with van der Waals surface area (Å²) >= 11 is 1.77. The normalized spacial score (nSPS) is 25.3. The van der Waals surface area contributed by atoms with Crippen molar-refractivity contribution in [1.29, 1.82) is 0 Å². The van der Waals surface area contributed by atoms with Gasteiger partial charge in [0.25, 0.3) is 0 Å². The van der Waals surface area contributed by atoms with Crippen molar-refractivity contribution in [2.45, 2.75) is 32.4 Å². The van der Waals surface area contributed by atoms with Crippen molar-refractivity contribution >= 4 is 17.7 Å². The molecule has 2 atom stereocenters. The molecule has 0 saturated carbocycles. The molecule has 1 rings (SSSR count). The van der Waals surface area contributed by atoms with Crippen molar-refractivity contribution in [3.05, 3.63) is 0 Å². The van der Waals surface area contributed by atoms with Gasteiger partial charge in [0.15, 0.2) is 0 Å². The Morgan fingerprint density at radius 3 is 3.08 bits per heavy atom. The van der Waals surface area contributed by atoms with E-state index in [-0.39, 0.29) is 11.9 Å². The minimum Gasteiger partial charge on any atom is -0.352 e. The van der Waals surface area contributed by atoms with Gasteiger partial charge in [0.1, 0.15) is 0 Å². The van der Waals surface area contributed by atoms with E-state index >= 15 is 0 Å². The molecule has 0 aromatic carbocycles. The average Bonchev–Trinajstić information content (AvgIpc) is 2.56. The number of carbonyl (C=O) groups excluding carboxylic acids is 1. The Labute approximate surface area is 77.7 Å². The first-order valence-electron chi connectivity index (χ1n) is 4.35. The predicted octanol–water partition coefficient (Wildman–Crippen LogP) is 0.564. The van der Waals surface area contributed by atoms with Gasteiger partial charge < -0.3 is 5.32 Å². The first-order valence-corrected chi connectivity index (χ1v) is 5.51. The molecule has 1 aliphatic rings. The second-order valence-corrected chi connectivity index (χ2v) is 4.12. The van der Waals surface area contributed by atoms with Crippen molar-refractivity contribution in [2.75, 3.05) is 11.6 Å². The van der Waals surface area contributed by atoms with Gasteiger partial charge in [-0.25, -0.2) is 0 Å². The highest BCUT2D eigenvalue weighted by Crippen LogP contribution is 2.09. The number of amides is 1. The Balaban J connectivity index is 2.27. The standard InChI is InChI=1S/C8H16N2OS/c1-3-6(2)10-8(11)7-4-12-5-9-7/h6-7,9H,3-5H2,1-2H3,(H,10,11)/t6-,7+/m0/s1. The van der Waals surface area contributed by atoms with Crippen LogP contribution in [0.5, 0.6) is 0 Å². The first kappa shape index (κ1) is 9.86. The third kappa shape index (κ3) is 2.68. The van der Waals surface area contributed by atoms with Crippen molar-refractivity contribution in [1.82, 2.24) is 10.6 Å². The van der Waals surface area contributed by atoms with E-state index in [1.165, 1.54) is 0 Å². The van der Waals surface area contributed by atoms with E-state index in [0.29, 0.717) is 6.04 Å². The minimum absolute atomic E-state index is 0.0315. The second kappa shape index (κ2) is 4.72. The maximum absolute atomic E-state index is 11.4. The van der Waals surface area contributed by atoms with Crippen LogP contribution in [0.15, 0.2) is 0 Å². The molecule has 1 amide bonds. The molecule has 4 heteroatoms. The summed E-state index contributed by atoms with van der Waals surface area (Å²) in [5, 5.41) is 6.09. The fraction of sp³-hybridized carbons (Fsp3) is 0.875. The summed E-state index contributed by atoms with van der Waals surface area (Å²) in [6, 6.07) is 0.328. The van der Waals surface area contributed by atoms with E-state index < -0.39 is 0 Å². The third-order valence-electron chi connectivity index (χ3n) is 2.03. The Morgan fingerprint density at radius 2 is 2.58 bits per heavy atom. The summed E-state index contributed by atoms with van der Waals surface area (Å²) < 4.78 is 0. The van der Waals surface area contributed by atoms with Crippen LogP contribution in [0.1, 0.15) is 20.3 Å². The molecule has 1 saturated heterocycles. The van der Waals surface area contributed by atoms with Gasteiger partial charge in [-0.05, 0) is 13.3 Å². The van der Waals surface area contributed by atoms with Crippen LogP contribution in [0.4, 0.5) is 0 Å². The van der Waals surface area contributed by atoms with E-state index in [1.54, 1.807) is 11.8 Å². The molecule has 1 heterocycles. The van der Waals surface area contributed by atoms with Crippen LogP contribution < -0.4 is 10.6 Å². The van der Waals surface area contributed by atoms with Gasteiger partial charge in [-0.2, -0.15) is 0 Å². The van der Waals surface area contributed by atoms with Crippen LogP contribution in [0, 0.1) is 0 Å². The summed E-state index contributed by atoms with van der Waals surface area (Å²) in [4.78, 5) is 11.4. The van der Waals surface area contributed by atoms with Crippen LogP contribution in [0.25, 0.3) is 0 Å². The highest BCUT2D eigenvalue weighted by molar-refractivity contribution is 7.99. The highest BCUT2D eigenvalue weighted by Gasteiger charge is 2.22. The maximum atomic E-state index is 11.4. The Bertz CT molecular complexity index is 157. The largest absolute Gasteiger partial charge is 0.352 e. The van der Waals surface area contributed by atoms with E-state index in [4.69, 9.17) is 0 Å². The smallest absolute Gasteiger partial charge is 0.238 e. The van der Waals surface area contributed by atoms with Gasteiger partial charge >= 0.3 is 0 Å². The van der Waals surface area contributed by atoms with Gasteiger partial charge in [-0.15, -0.1) is 11.8 Å². The molecular weight excluding hydrogens is 172 g/mol. The summed E-state index contributed by atoms with van der Waals surface area (Å²) in [5.41, 5.74) is 0. The average molecular weight is 188 g/mol. The lowest BCUT2D eigenvalue weighted by molar-refractivity contribution is -0.123. The Morgan fingerprint density at radius 1 is 1.83 bits per heavy atom. The monoisotopic (exact) mass is 188 g/mol. The van der Waals surface area contributed by atoms with Gasteiger partial charge in [0.2, 0.25) is 5.91 Å². The first-order chi connectivity index (χ1) is 5.74. The number of carbonyl (C=O) groups is 1. The van der Waals surface area contributed by atoms with Crippen LogP contribution in [0.3, 0.4) is 0 Å². The van der Waals surface area contributed by atoms with Crippen LogP contribution >= 0.6 is 11.8 Å². The molecule has 0 spiro atoms. The molecule has 0 aromatic rings. The van der Waals surface area contributed by atoms with Gasteiger partial charge in [-0.3, -0.25) is 10.1 Å². The topological polar surface area (TPSA) is 41.1 Å². The number of rotatable bonds is 3. The summed E-state index contributed by atoms with van der Waals surface area (Å²) in [7, 11) is 0. The van der Waals surface area contributed by atoms with E-state index in [9.17, 15) is 4.79 Å². The summed E-state index contributed by atoms with van der Waals surface area (Å²) in [6.07, 6.45) is 0.992. The summed E-state index contributed by atoms with van der Waals surface area (Å²) in [5.74, 6) is 1.95. The molecule has 1 fully saturated rings. The molecule has 0 unspecified atom stereocenters. The van der Waals surface area contributed by atoms with Crippen molar-refractivity contribution < 1.29 is 4.79 Å². The van der Waals surface area contributed by atoms with E-state index in [2.05, 4.69) is 17.6 Å². The molecule has 3 nitrogen and oxygen atoms in total. The van der Waals surface area contributed by atoms with Crippen molar-refractivity contribution in [2.24, 2.45) is 0 Å². The number of hydrogen-bond acceptors (Lipinski definition) is 3.